The molecule has 1 rings (SSSR count). The highest BCUT2D eigenvalue weighted by molar-refractivity contribution is 5.06. The van der Waals surface area contributed by atoms with Gasteiger partial charge in [-0.15, -0.1) is 0 Å². The number of nitro groups is 1. The van der Waals surface area contributed by atoms with Gasteiger partial charge in [0.2, 0.25) is 0 Å². The van der Waals surface area contributed by atoms with Crippen molar-refractivity contribution in [3.63, 3.8) is 0 Å². The number of aliphatic hydroxyl groups excluding tert-OH is 2. The summed E-state index contributed by atoms with van der Waals surface area (Å²) >= 11 is 0. The van der Waals surface area contributed by atoms with Crippen molar-refractivity contribution in [2.75, 3.05) is 6.61 Å². The van der Waals surface area contributed by atoms with Gasteiger partial charge in [-0.2, -0.15) is 0 Å². The van der Waals surface area contributed by atoms with E-state index in [2.05, 4.69) is 4.98 Å². The lowest BCUT2D eigenvalue weighted by Crippen LogP contribution is -2.20. The van der Waals surface area contributed by atoms with Crippen LogP contribution in [-0.4, -0.2) is 37.4 Å². The van der Waals surface area contributed by atoms with Gasteiger partial charge in [-0.25, -0.2) is 4.57 Å². The van der Waals surface area contributed by atoms with Crippen molar-refractivity contribution in [2.24, 2.45) is 0 Å². The molecule has 7 heteroatoms. The van der Waals surface area contributed by atoms with E-state index < -0.39 is 17.6 Å². The average Bonchev–Trinajstić information content (AvgIpc) is 2.69. The Hall–Kier alpha value is -1.47. The summed E-state index contributed by atoms with van der Waals surface area (Å²) < 4.78 is 1.17. The van der Waals surface area contributed by atoms with Crippen LogP contribution in [0.2, 0.25) is 0 Å². The van der Waals surface area contributed by atoms with E-state index in [1.807, 2.05) is 13.8 Å². The molecule has 1 heterocycles. The van der Waals surface area contributed by atoms with Gasteiger partial charge in [0.05, 0.1) is 13.2 Å². The summed E-state index contributed by atoms with van der Waals surface area (Å²) in [5.74, 6) is -0.340. The van der Waals surface area contributed by atoms with Crippen LogP contribution in [-0.2, 0) is 6.54 Å². The Morgan fingerprint density at radius 1 is 1.67 bits per heavy atom. The first-order valence-electron chi connectivity index (χ1n) is 4.59. The Morgan fingerprint density at radius 3 is 2.73 bits per heavy atom. The molecule has 0 spiro atoms. The van der Waals surface area contributed by atoms with Crippen molar-refractivity contribution in [1.82, 2.24) is 9.55 Å². The summed E-state index contributed by atoms with van der Waals surface area (Å²) in [6.45, 7) is 3.53. The molecular weight excluding hydrogens is 202 g/mol. The zero-order valence-electron chi connectivity index (χ0n) is 8.70. The fraction of sp³-hybridized carbons (Fsp3) is 0.625. The van der Waals surface area contributed by atoms with Crippen LogP contribution >= 0.6 is 0 Å². The Kier molecular flexibility index (Phi) is 6.23. The summed E-state index contributed by atoms with van der Waals surface area (Å²) in [6.07, 6.45) is 1.63. The summed E-state index contributed by atoms with van der Waals surface area (Å²) in [5, 5.41) is 27.9. The molecule has 0 aliphatic heterocycles. The minimum absolute atomic E-state index is 0.0349. The number of aliphatic hydroxyl groups is 2. The third kappa shape index (κ3) is 4.05. The molecule has 0 saturated carbocycles. The normalized spacial score (nSPS) is 11.5. The molecule has 0 aliphatic carbocycles. The lowest BCUT2D eigenvalue weighted by atomic mass is 10.4. The Balaban J connectivity index is 0.000000921. The van der Waals surface area contributed by atoms with Gasteiger partial charge in [-0.3, -0.25) is 0 Å². The van der Waals surface area contributed by atoms with Crippen molar-refractivity contribution >= 4 is 5.95 Å². The van der Waals surface area contributed by atoms with Gasteiger partial charge in [0.15, 0.2) is 0 Å². The minimum atomic E-state index is -1.01. The van der Waals surface area contributed by atoms with Gasteiger partial charge in [-0.05, 0) is 4.92 Å². The van der Waals surface area contributed by atoms with E-state index in [0.29, 0.717) is 0 Å². The van der Waals surface area contributed by atoms with E-state index in [4.69, 9.17) is 10.2 Å². The molecule has 0 fully saturated rings. The lowest BCUT2D eigenvalue weighted by Gasteiger charge is -2.05. The van der Waals surface area contributed by atoms with E-state index >= 15 is 0 Å². The summed E-state index contributed by atoms with van der Waals surface area (Å²) in [7, 11) is 0. The van der Waals surface area contributed by atoms with E-state index in [1.54, 1.807) is 0 Å². The Bertz CT molecular complexity index is 300. The van der Waals surface area contributed by atoms with Crippen LogP contribution in [0.5, 0.6) is 0 Å². The van der Waals surface area contributed by atoms with E-state index in [9.17, 15) is 10.1 Å². The fourth-order valence-electron chi connectivity index (χ4n) is 0.901. The summed E-state index contributed by atoms with van der Waals surface area (Å²) in [4.78, 5) is 13.2. The summed E-state index contributed by atoms with van der Waals surface area (Å²) in [5.41, 5.74) is 0. The van der Waals surface area contributed by atoms with Gasteiger partial charge in [-0.1, -0.05) is 18.8 Å². The van der Waals surface area contributed by atoms with Crippen LogP contribution in [0.4, 0.5) is 5.95 Å². The Labute approximate surface area is 87.1 Å². The van der Waals surface area contributed by atoms with Crippen molar-refractivity contribution in [1.29, 1.82) is 0 Å². The molecule has 0 bridgehead atoms. The monoisotopic (exact) mass is 217 g/mol. The van der Waals surface area contributed by atoms with Crippen LogP contribution in [0.15, 0.2) is 12.4 Å². The van der Waals surface area contributed by atoms with Crippen LogP contribution in [0.3, 0.4) is 0 Å². The fourth-order valence-corrected chi connectivity index (χ4v) is 0.901. The standard InChI is InChI=1S/C6H9N3O4.C2H6/c10-4-5(11)3-8-2-1-7-6(8)9(12)13;1-2/h1-2,5,10-11H,3-4H2;1-2H3. The maximum Gasteiger partial charge on any atom is 0.434 e. The van der Waals surface area contributed by atoms with Gasteiger partial charge >= 0.3 is 5.95 Å². The van der Waals surface area contributed by atoms with Crippen molar-refractivity contribution in [3.05, 3.63) is 22.5 Å². The smallest absolute Gasteiger partial charge is 0.394 e. The molecule has 0 aromatic carbocycles. The SMILES string of the molecule is CC.O=[N+]([O-])c1nccn1CC(O)CO. The quantitative estimate of drug-likeness (QED) is 0.553. The second-order valence-corrected chi connectivity index (χ2v) is 2.47. The van der Waals surface area contributed by atoms with E-state index in [-0.39, 0.29) is 12.5 Å². The molecule has 0 radical (unpaired) electrons. The van der Waals surface area contributed by atoms with E-state index in [1.165, 1.54) is 17.0 Å². The summed E-state index contributed by atoms with van der Waals surface area (Å²) in [6, 6.07) is 0. The van der Waals surface area contributed by atoms with Crippen molar-refractivity contribution in [3.8, 4) is 0 Å². The zero-order chi connectivity index (χ0) is 11.8. The van der Waals surface area contributed by atoms with Crippen LogP contribution < -0.4 is 0 Å². The van der Waals surface area contributed by atoms with Crippen LogP contribution in [0.25, 0.3) is 0 Å². The van der Waals surface area contributed by atoms with Gasteiger partial charge in [0, 0.05) is 0 Å². The zero-order valence-corrected chi connectivity index (χ0v) is 8.70. The van der Waals surface area contributed by atoms with Crippen LogP contribution in [0.1, 0.15) is 13.8 Å². The molecular formula is C8H15N3O4. The maximum atomic E-state index is 10.3. The number of aromatic nitrogens is 2. The molecule has 1 atom stereocenters. The highest BCUT2D eigenvalue weighted by Crippen LogP contribution is 2.07. The molecule has 0 saturated heterocycles. The number of hydrogen-bond acceptors (Lipinski definition) is 5. The Morgan fingerprint density at radius 2 is 2.27 bits per heavy atom. The molecule has 15 heavy (non-hydrogen) atoms. The van der Waals surface area contributed by atoms with Crippen molar-refractivity contribution in [2.45, 2.75) is 26.5 Å². The first-order chi connectivity index (χ1) is 7.15. The van der Waals surface area contributed by atoms with Crippen LogP contribution in [0, 0.1) is 10.1 Å². The number of nitrogens with zero attached hydrogens (tertiary/aromatic N) is 3. The average molecular weight is 217 g/mol. The maximum absolute atomic E-state index is 10.3. The molecule has 0 aliphatic rings. The predicted molar refractivity (Wildman–Crippen MR) is 53.3 cm³/mol. The number of imidazole rings is 1. The topological polar surface area (TPSA) is 101 Å². The molecule has 1 aromatic rings. The second-order valence-electron chi connectivity index (χ2n) is 2.47. The lowest BCUT2D eigenvalue weighted by molar-refractivity contribution is -0.397. The predicted octanol–water partition coefficient (Wildman–Crippen LogP) is 0.171. The first-order valence-corrected chi connectivity index (χ1v) is 4.59. The van der Waals surface area contributed by atoms with Crippen molar-refractivity contribution < 1.29 is 15.1 Å². The minimum Gasteiger partial charge on any atom is -0.394 e. The van der Waals surface area contributed by atoms with Gasteiger partial charge in [0.1, 0.15) is 18.5 Å². The molecule has 86 valence electrons. The van der Waals surface area contributed by atoms with E-state index in [0.717, 1.165) is 0 Å². The number of hydrogen-bond donors (Lipinski definition) is 2. The molecule has 2 N–H and O–H groups in total. The van der Waals surface area contributed by atoms with Gasteiger partial charge < -0.3 is 20.3 Å². The molecule has 1 aromatic heterocycles. The molecule has 0 amide bonds. The first kappa shape index (κ1) is 13.5. The third-order valence-electron chi connectivity index (χ3n) is 1.48. The largest absolute Gasteiger partial charge is 0.434 e. The third-order valence-corrected chi connectivity index (χ3v) is 1.48. The molecule has 1 unspecified atom stereocenters. The molecule has 7 nitrogen and oxygen atoms in total. The second kappa shape index (κ2) is 6.91. The number of rotatable bonds is 4. The highest BCUT2D eigenvalue weighted by Gasteiger charge is 2.16. The van der Waals surface area contributed by atoms with Gasteiger partial charge in [0.25, 0.3) is 0 Å². The highest BCUT2D eigenvalue weighted by atomic mass is 16.6.